The molecule has 2 aromatic carbocycles. The predicted octanol–water partition coefficient (Wildman–Crippen LogP) is 2.19. The van der Waals surface area contributed by atoms with Gasteiger partial charge in [0.25, 0.3) is 0 Å². The molecule has 5 N–H and O–H groups in total. The van der Waals surface area contributed by atoms with E-state index < -0.39 is 50.9 Å². The Morgan fingerprint density at radius 1 is 0.920 bits per heavy atom. The zero-order valence-corrected chi connectivity index (χ0v) is 12.8. The van der Waals surface area contributed by atoms with Crippen LogP contribution in [0.4, 0.5) is 0 Å². The molecule has 0 atom stereocenters. The summed E-state index contributed by atoms with van der Waals surface area (Å²) in [5.41, 5.74) is -1.69. The number of phenolic OH excluding ortho intramolecular Hbond substituents is 4. The second-order valence-electron chi connectivity index (χ2n) is 5.36. The maximum Gasteiger partial charge on any atom is 0.238 e. The number of fused-ring (bicyclic) bond motifs is 1. The summed E-state index contributed by atoms with van der Waals surface area (Å²) in [4.78, 5) is 23.9. The van der Waals surface area contributed by atoms with E-state index in [9.17, 15) is 35.1 Å². The summed E-state index contributed by atoms with van der Waals surface area (Å²) in [5, 5.41) is 48.6. The molecule has 0 saturated heterocycles. The summed E-state index contributed by atoms with van der Waals surface area (Å²) in [6.45, 7) is 1.09. The van der Waals surface area contributed by atoms with Crippen molar-refractivity contribution in [3.63, 3.8) is 0 Å². The highest BCUT2D eigenvalue weighted by atomic mass is 16.4. The van der Waals surface area contributed by atoms with Crippen LogP contribution in [0.15, 0.2) is 33.5 Å². The van der Waals surface area contributed by atoms with Gasteiger partial charge in [-0.25, -0.2) is 0 Å². The second kappa shape index (κ2) is 5.45. The van der Waals surface area contributed by atoms with Crippen LogP contribution in [0.25, 0.3) is 22.3 Å². The molecule has 0 spiro atoms. The molecule has 128 valence electrons. The van der Waals surface area contributed by atoms with Gasteiger partial charge >= 0.3 is 0 Å². The van der Waals surface area contributed by atoms with Crippen molar-refractivity contribution in [3.8, 4) is 40.1 Å². The molecule has 0 aliphatic heterocycles. The van der Waals surface area contributed by atoms with Gasteiger partial charge in [0.15, 0.2) is 23.0 Å². The number of ketones is 1. The molecule has 8 nitrogen and oxygen atoms in total. The predicted molar refractivity (Wildman–Crippen MR) is 86.2 cm³/mol. The highest BCUT2D eigenvalue weighted by Crippen LogP contribution is 2.39. The van der Waals surface area contributed by atoms with Crippen molar-refractivity contribution in [2.75, 3.05) is 0 Å². The van der Waals surface area contributed by atoms with E-state index in [2.05, 4.69) is 0 Å². The minimum atomic E-state index is -1.02. The van der Waals surface area contributed by atoms with Gasteiger partial charge in [0.1, 0.15) is 28.0 Å². The van der Waals surface area contributed by atoms with E-state index in [0.29, 0.717) is 0 Å². The van der Waals surface area contributed by atoms with E-state index in [1.54, 1.807) is 0 Å². The first-order valence-electron chi connectivity index (χ1n) is 7.00. The van der Waals surface area contributed by atoms with Crippen molar-refractivity contribution in [3.05, 3.63) is 40.1 Å². The number of benzene rings is 2. The van der Waals surface area contributed by atoms with E-state index in [1.807, 2.05) is 0 Å². The van der Waals surface area contributed by atoms with Crippen molar-refractivity contribution in [2.24, 2.45) is 0 Å². The van der Waals surface area contributed by atoms with Crippen LogP contribution in [0.3, 0.4) is 0 Å². The quantitative estimate of drug-likeness (QED) is 0.351. The fourth-order valence-corrected chi connectivity index (χ4v) is 2.52. The first-order valence-corrected chi connectivity index (χ1v) is 7.00. The van der Waals surface area contributed by atoms with Crippen LogP contribution in [0.2, 0.25) is 0 Å². The minimum absolute atomic E-state index is 0.0708. The summed E-state index contributed by atoms with van der Waals surface area (Å²) in [5.74, 6) is -4.19. The van der Waals surface area contributed by atoms with E-state index in [-0.39, 0.29) is 16.9 Å². The fraction of sp³-hybridized carbons (Fsp3) is 0.0588. The van der Waals surface area contributed by atoms with Crippen LogP contribution in [0.1, 0.15) is 17.3 Å². The summed E-state index contributed by atoms with van der Waals surface area (Å²) < 4.78 is 5.38. The summed E-state index contributed by atoms with van der Waals surface area (Å²) in [6, 6.07) is 4.43. The third kappa shape index (κ3) is 2.40. The normalized spacial score (nSPS) is 10.9. The molecule has 0 fully saturated rings. The van der Waals surface area contributed by atoms with Crippen molar-refractivity contribution >= 4 is 16.8 Å². The molecule has 0 aliphatic carbocycles. The number of rotatable bonds is 2. The van der Waals surface area contributed by atoms with Gasteiger partial charge in [-0.2, -0.15) is 0 Å². The average molecular weight is 344 g/mol. The first-order chi connectivity index (χ1) is 11.7. The number of Topliss-reactive ketones (excluding diaryl/α,β-unsaturated/α-hetero) is 1. The third-order valence-corrected chi connectivity index (χ3v) is 3.70. The van der Waals surface area contributed by atoms with Gasteiger partial charge in [0, 0.05) is 11.6 Å². The van der Waals surface area contributed by atoms with Crippen LogP contribution in [-0.4, -0.2) is 31.3 Å². The van der Waals surface area contributed by atoms with Gasteiger partial charge in [0.05, 0.1) is 0 Å². The van der Waals surface area contributed by atoms with Crippen molar-refractivity contribution in [1.82, 2.24) is 0 Å². The maximum atomic E-state index is 12.4. The Morgan fingerprint density at radius 3 is 2.20 bits per heavy atom. The topological polar surface area (TPSA) is 148 Å². The zero-order chi connectivity index (χ0) is 18.5. The minimum Gasteiger partial charge on any atom is -0.507 e. The number of hydrogen-bond donors (Lipinski definition) is 5. The first kappa shape index (κ1) is 16.2. The van der Waals surface area contributed by atoms with Crippen molar-refractivity contribution < 1.29 is 34.7 Å². The molecule has 0 amide bonds. The Morgan fingerprint density at radius 2 is 1.60 bits per heavy atom. The Kier molecular flexibility index (Phi) is 3.53. The molecule has 3 aromatic rings. The van der Waals surface area contributed by atoms with Crippen molar-refractivity contribution in [2.45, 2.75) is 6.92 Å². The van der Waals surface area contributed by atoms with Gasteiger partial charge in [-0.15, -0.1) is 0 Å². The second-order valence-corrected chi connectivity index (χ2v) is 5.36. The molecular formula is C17H12O8. The number of carbonyl (C=O) groups excluding carboxylic acids is 1. The standard InChI is InChI=1S/C17H12O8/c1-6(18)12-10(21)5-11-13(14(12)22)15(23)16(24)17(25-11)7-2-3-8(19)9(20)4-7/h2-5,19-22,24H,1H3. The lowest BCUT2D eigenvalue weighted by atomic mass is 10.0. The number of phenols is 4. The number of hydrogen-bond acceptors (Lipinski definition) is 8. The molecule has 0 aliphatic rings. The van der Waals surface area contributed by atoms with Gasteiger partial charge in [-0.1, -0.05) is 0 Å². The molecule has 0 radical (unpaired) electrons. The van der Waals surface area contributed by atoms with Gasteiger partial charge in [-0.3, -0.25) is 9.59 Å². The molecule has 1 heterocycles. The Bertz CT molecular complexity index is 1090. The van der Waals surface area contributed by atoms with Crippen LogP contribution in [0.5, 0.6) is 28.7 Å². The molecule has 0 bridgehead atoms. The summed E-state index contributed by atoms with van der Waals surface area (Å²) in [7, 11) is 0. The van der Waals surface area contributed by atoms with Crippen LogP contribution < -0.4 is 5.43 Å². The Hall–Kier alpha value is -3.68. The van der Waals surface area contributed by atoms with E-state index in [4.69, 9.17) is 4.42 Å². The number of carbonyl (C=O) groups is 1. The Labute approximate surface area is 139 Å². The fourth-order valence-electron chi connectivity index (χ4n) is 2.52. The zero-order valence-electron chi connectivity index (χ0n) is 12.8. The van der Waals surface area contributed by atoms with Crippen LogP contribution >= 0.6 is 0 Å². The molecule has 8 heteroatoms. The van der Waals surface area contributed by atoms with E-state index in [0.717, 1.165) is 25.1 Å². The third-order valence-electron chi connectivity index (χ3n) is 3.70. The molecule has 3 rings (SSSR count). The number of aromatic hydroxyl groups is 5. The largest absolute Gasteiger partial charge is 0.507 e. The van der Waals surface area contributed by atoms with Gasteiger partial charge in [0.2, 0.25) is 11.2 Å². The van der Waals surface area contributed by atoms with Gasteiger partial charge in [-0.05, 0) is 25.1 Å². The maximum absolute atomic E-state index is 12.4. The molecule has 0 saturated carbocycles. The summed E-state index contributed by atoms with van der Waals surface area (Å²) in [6.07, 6.45) is 0. The lowest BCUT2D eigenvalue weighted by Gasteiger charge is -2.10. The van der Waals surface area contributed by atoms with E-state index >= 15 is 0 Å². The average Bonchev–Trinajstić information content (AvgIpc) is 2.52. The SMILES string of the molecule is CC(=O)c1c(O)cc2oc(-c3ccc(O)c(O)c3)c(O)c(=O)c2c1O. The van der Waals surface area contributed by atoms with Gasteiger partial charge < -0.3 is 29.9 Å². The summed E-state index contributed by atoms with van der Waals surface area (Å²) >= 11 is 0. The Balaban J connectivity index is 2.40. The van der Waals surface area contributed by atoms with Crippen LogP contribution in [0, 0.1) is 0 Å². The molecule has 0 unspecified atom stereocenters. The lowest BCUT2D eigenvalue weighted by Crippen LogP contribution is -2.05. The van der Waals surface area contributed by atoms with E-state index in [1.165, 1.54) is 6.07 Å². The molecule has 25 heavy (non-hydrogen) atoms. The van der Waals surface area contributed by atoms with Crippen molar-refractivity contribution in [1.29, 1.82) is 0 Å². The molecule has 1 aromatic heterocycles. The van der Waals surface area contributed by atoms with Crippen LogP contribution in [-0.2, 0) is 0 Å². The lowest BCUT2D eigenvalue weighted by molar-refractivity contribution is 0.101. The smallest absolute Gasteiger partial charge is 0.238 e. The highest BCUT2D eigenvalue weighted by Gasteiger charge is 2.24. The molecular weight excluding hydrogens is 332 g/mol. The monoisotopic (exact) mass is 344 g/mol. The highest BCUT2D eigenvalue weighted by molar-refractivity contribution is 6.05.